The SMILES string of the molecule is CCCc1ccc(/C(=C/C(=O)O)C(=O)O)cc1. The number of hydrogen-bond donors (Lipinski definition) is 2. The van der Waals surface area contributed by atoms with Crippen molar-refractivity contribution in [3.8, 4) is 0 Å². The minimum Gasteiger partial charge on any atom is -0.478 e. The van der Waals surface area contributed by atoms with Crippen LogP contribution in [0.15, 0.2) is 30.3 Å². The lowest BCUT2D eigenvalue weighted by Gasteiger charge is -2.03. The number of carbonyl (C=O) groups is 2. The van der Waals surface area contributed by atoms with Gasteiger partial charge in [0.05, 0.1) is 5.57 Å². The van der Waals surface area contributed by atoms with Gasteiger partial charge in [-0.25, -0.2) is 9.59 Å². The van der Waals surface area contributed by atoms with Gasteiger partial charge in [0.15, 0.2) is 0 Å². The molecular formula is C13H14O4. The quantitative estimate of drug-likeness (QED) is 0.766. The number of carboxylic acid groups (broad SMARTS) is 2. The van der Waals surface area contributed by atoms with Gasteiger partial charge >= 0.3 is 11.9 Å². The number of aryl methyl sites for hydroxylation is 1. The summed E-state index contributed by atoms with van der Waals surface area (Å²) in [6.07, 6.45) is 2.64. The second-order valence-corrected chi connectivity index (χ2v) is 3.65. The molecule has 4 nitrogen and oxygen atoms in total. The van der Waals surface area contributed by atoms with Gasteiger partial charge in [0.25, 0.3) is 0 Å². The van der Waals surface area contributed by atoms with Crippen molar-refractivity contribution in [1.29, 1.82) is 0 Å². The Kier molecular flexibility index (Phi) is 4.46. The van der Waals surface area contributed by atoms with E-state index in [0.717, 1.165) is 18.4 Å². The molecule has 0 aliphatic carbocycles. The topological polar surface area (TPSA) is 74.6 Å². The van der Waals surface area contributed by atoms with Gasteiger partial charge < -0.3 is 10.2 Å². The van der Waals surface area contributed by atoms with E-state index >= 15 is 0 Å². The third-order valence-corrected chi connectivity index (χ3v) is 2.30. The zero-order chi connectivity index (χ0) is 12.8. The van der Waals surface area contributed by atoms with E-state index in [1.54, 1.807) is 12.1 Å². The monoisotopic (exact) mass is 234 g/mol. The molecule has 0 saturated heterocycles. The van der Waals surface area contributed by atoms with Crippen molar-refractivity contribution in [3.05, 3.63) is 41.5 Å². The molecule has 0 aromatic heterocycles. The fourth-order valence-electron chi connectivity index (χ4n) is 1.53. The highest BCUT2D eigenvalue weighted by atomic mass is 16.4. The van der Waals surface area contributed by atoms with Gasteiger partial charge in [0, 0.05) is 6.08 Å². The molecule has 4 heteroatoms. The van der Waals surface area contributed by atoms with Gasteiger partial charge in [-0.1, -0.05) is 37.6 Å². The van der Waals surface area contributed by atoms with E-state index in [0.29, 0.717) is 11.6 Å². The van der Waals surface area contributed by atoms with E-state index in [4.69, 9.17) is 10.2 Å². The fourth-order valence-corrected chi connectivity index (χ4v) is 1.53. The van der Waals surface area contributed by atoms with Crippen LogP contribution < -0.4 is 0 Å². The Hall–Kier alpha value is -2.10. The predicted octanol–water partition coefficient (Wildman–Crippen LogP) is 2.19. The van der Waals surface area contributed by atoms with Crippen LogP contribution in [0.25, 0.3) is 5.57 Å². The number of rotatable bonds is 5. The molecule has 0 unspecified atom stereocenters. The van der Waals surface area contributed by atoms with Crippen LogP contribution in [0.1, 0.15) is 24.5 Å². The molecule has 0 aliphatic rings. The molecule has 1 aromatic rings. The maximum atomic E-state index is 10.9. The van der Waals surface area contributed by atoms with Gasteiger partial charge in [0.2, 0.25) is 0 Å². The van der Waals surface area contributed by atoms with E-state index < -0.39 is 11.9 Å². The average molecular weight is 234 g/mol. The summed E-state index contributed by atoms with van der Waals surface area (Å²) in [4.78, 5) is 21.4. The van der Waals surface area contributed by atoms with Crippen LogP contribution in [0.5, 0.6) is 0 Å². The van der Waals surface area contributed by atoms with Crippen molar-refractivity contribution in [1.82, 2.24) is 0 Å². The molecule has 0 radical (unpaired) electrons. The summed E-state index contributed by atoms with van der Waals surface area (Å²) < 4.78 is 0. The van der Waals surface area contributed by atoms with Gasteiger partial charge in [-0.2, -0.15) is 0 Å². The minimum atomic E-state index is -1.26. The van der Waals surface area contributed by atoms with Crippen LogP contribution in [-0.4, -0.2) is 22.2 Å². The zero-order valence-corrected chi connectivity index (χ0v) is 9.51. The molecule has 0 bridgehead atoms. The van der Waals surface area contributed by atoms with Crippen molar-refractivity contribution in [3.63, 3.8) is 0 Å². The largest absolute Gasteiger partial charge is 0.478 e. The Labute approximate surface area is 99.2 Å². The number of benzene rings is 1. The molecule has 2 N–H and O–H groups in total. The first-order chi connectivity index (χ1) is 8.04. The molecule has 0 atom stereocenters. The highest BCUT2D eigenvalue weighted by Gasteiger charge is 2.11. The van der Waals surface area contributed by atoms with E-state index in [1.165, 1.54) is 0 Å². The maximum absolute atomic E-state index is 10.9. The van der Waals surface area contributed by atoms with Gasteiger partial charge in [-0.3, -0.25) is 0 Å². The lowest BCUT2D eigenvalue weighted by molar-refractivity contribution is -0.133. The lowest BCUT2D eigenvalue weighted by atomic mass is 10.0. The second-order valence-electron chi connectivity index (χ2n) is 3.65. The van der Waals surface area contributed by atoms with Gasteiger partial charge in [0.1, 0.15) is 0 Å². The van der Waals surface area contributed by atoms with Crippen molar-refractivity contribution in [2.75, 3.05) is 0 Å². The van der Waals surface area contributed by atoms with Gasteiger partial charge in [-0.05, 0) is 17.5 Å². The third-order valence-electron chi connectivity index (χ3n) is 2.30. The summed E-state index contributed by atoms with van der Waals surface area (Å²) >= 11 is 0. The number of carboxylic acids is 2. The average Bonchev–Trinajstić information content (AvgIpc) is 2.27. The molecule has 0 amide bonds. The smallest absolute Gasteiger partial charge is 0.336 e. The molecule has 0 aliphatic heterocycles. The summed E-state index contributed by atoms with van der Waals surface area (Å²) in [7, 11) is 0. The fraction of sp³-hybridized carbons (Fsp3) is 0.231. The van der Waals surface area contributed by atoms with Crippen molar-refractivity contribution in [2.24, 2.45) is 0 Å². The van der Waals surface area contributed by atoms with Gasteiger partial charge in [-0.15, -0.1) is 0 Å². The highest BCUT2D eigenvalue weighted by molar-refractivity contribution is 6.19. The van der Waals surface area contributed by atoms with Crippen LogP contribution in [0.2, 0.25) is 0 Å². The Bertz CT molecular complexity index is 443. The highest BCUT2D eigenvalue weighted by Crippen LogP contribution is 2.16. The first-order valence-electron chi connectivity index (χ1n) is 5.31. The number of aliphatic carboxylic acids is 2. The zero-order valence-electron chi connectivity index (χ0n) is 9.51. The molecular weight excluding hydrogens is 220 g/mol. The summed E-state index contributed by atoms with van der Waals surface area (Å²) in [5, 5.41) is 17.5. The first kappa shape index (κ1) is 13.0. The first-order valence-corrected chi connectivity index (χ1v) is 5.31. The maximum Gasteiger partial charge on any atom is 0.336 e. The van der Waals surface area contributed by atoms with E-state index in [-0.39, 0.29) is 5.57 Å². The van der Waals surface area contributed by atoms with Crippen LogP contribution in [0.4, 0.5) is 0 Å². The Morgan fingerprint density at radius 1 is 1.18 bits per heavy atom. The summed E-state index contributed by atoms with van der Waals surface area (Å²) in [5.74, 6) is -2.50. The molecule has 90 valence electrons. The van der Waals surface area contributed by atoms with Crippen LogP contribution >= 0.6 is 0 Å². The van der Waals surface area contributed by atoms with Crippen molar-refractivity contribution in [2.45, 2.75) is 19.8 Å². The standard InChI is InChI=1S/C13H14O4/c1-2-3-9-4-6-10(7-5-9)11(13(16)17)8-12(14)15/h4-8H,2-3H2,1H3,(H,14,15)(H,16,17)/b11-8-. The lowest BCUT2D eigenvalue weighted by Crippen LogP contribution is -2.03. The Balaban J connectivity index is 3.04. The van der Waals surface area contributed by atoms with E-state index in [1.807, 2.05) is 12.1 Å². The minimum absolute atomic E-state index is 0.208. The van der Waals surface area contributed by atoms with Crippen molar-refractivity contribution < 1.29 is 19.8 Å². The Morgan fingerprint density at radius 3 is 2.18 bits per heavy atom. The summed E-state index contributed by atoms with van der Waals surface area (Å²) in [6.45, 7) is 2.06. The third kappa shape index (κ3) is 3.75. The van der Waals surface area contributed by atoms with Crippen LogP contribution in [-0.2, 0) is 16.0 Å². The number of hydrogen-bond acceptors (Lipinski definition) is 2. The molecule has 0 saturated carbocycles. The molecule has 1 aromatic carbocycles. The molecule has 0 spiro atoms. The summed E-state index contributed by atoms with van der Waals surface area (Å²) in [5.41, 5.74) is 1.30. The van der Waals surface area contributed by atoms with Crippen LogP contribution in [0.3, 0.4) is 0 Å². The Morgan fingerprint density at radius 2 is 1.76 bits per heavy atom. The molecule has 0 fully saturated rings. The van der Waals surface area contributed by atoms with E-state index in [9.17, 15) is 9.59 Å². The van der Waals surface area contributed by atoms with E-state index in [2.05, 4.69) is 6.92 Å². The van der Waals surface area contributed by atoms with Crippen LogP contribution in [0, 0.1) is 0 Å². The predicted molar refractivity (Wildman–Crippen MR) is 63.7 cm³/mol. The second kappa shape index (κ2) is 5.84. The van der Waals surface area contributed by atoms with Crippen molar-refractivity contribution >= 4 is 17.5 Å². The molecule has 17 heavy (non-hydrogen) atoms. The molecule has 0 heterocycles. The summed E-state index contributed by atoms with van der Waals surface area (Å²) in [6, 6.07) is 6.90. The molecule has 1 rings (SSSR count). The normalized spacial score (nSPS) is 11.2.